The van der Waals surface area contributed by atoms with Gasteiger partial charge >= 0.3 is 5.97 Å². The molecular formula is C15H14N4O2. The van der Waals surface area contributed by atoms with Gasteiger partial charge in [-0.05, 0) is 31.2 Å². The van der Waals surface area contributed by atoms with Crippen LogP contribution in [0.3, 0.4) is 0 Å². The third-order valence-electron chi connectivity index (χ3n) is 3.14. The minimum Gasteiger partial charge on any atom is -0.461 e. The minimum absolute atomic E-state index is 0.128. The smallest absolute Gasteiger partial charge is 0.360 e. The number of nitrogens with two attached hydrogens (primary N) is 1. The van der Waals surface area contributed by atoms with Gasteiger partial charge in [0.1, 0.15) is 12.1 Å². The number of carbonyl (C=O) groups is 1. The lowest BCUT2D eigenvalue weighted by Crippen LogP contribution is -2.09. The highest BCUT2D eigenvalue weighted by atomic mass is 16.5. The number of ether oxygens (including phenoxy) is 1. The average molecular weight is 282 g/mol. The lowest BCUT2D eigenvalue weighted by Gasteiger charge is -2.07. The Bertz CT molecular complexity index is 810. The maximum atomic E-state index is 11.7. The van der Waals surface area contributed by atoms with Crippen LogP contribution in [0.25, 0.3) is 16.6 Å². The fourth-order valence-corrected chi connectivity index (χ4v) is 2.13. The van der Waals surface area contributed by atoms with Crippen molar-refractivity contribution in [2.75, 3.05) is 12.3 Å². The number of aromatic nitrogens is 3. The normalized spacial score (nSPS) is 10.7. The molecule has 3 aromatic rings. The molecule has 6 nitrogen and oxygen atoms in total. The van der Waals surface area contributed by atoms with Crippen LogP contribution in [0.5, 0.6) is 0 Å². The van der Waals surface area contributed by atoms with Gasteiger partial charge in [0.05, 0.1) is 12.1 Å². The van der Waals surface area contributed by atoms with Crippen LogP contribution in [0.4, 0.5) is 5.82 Å². The summed E-state index contributed by atoms with van der Waals surface area (Å²) in [4.78, 5) is 20.0. The lowest BCUT2D eigenvalue weighted by atomic mass is 10.2. The Hall–Kier alpha value is -2.89. The molecule has 106 valence electrons. The van der Waals surface area contributed by atoms with Crippen molar-refractivity contribution in [2.24, 2.45) is 0 Å². The predicted octanol–water partition coefficient (Wildman–Crippen LogP) is 2.18. The molecule has 0 unspecified atom stereocenters. The highest BCUT2D eigenvalue weighted by Gasteiger charge is 2.17. The summed E-state index contributed by atoms with van der Waals surface area (Å²) in [6.45, 7) is 2.02. The van der Waals surface area contributed by atoms with E-state index in [0.717, 1.165) is 16.6 Å². The molecule has 0 fully saturated rings. The Morgan fingerprint density at radius 1 is 1.33 bits per heavy atom. The van der Waals surface area contributed by atoms with Gasteiger partial charge < -0.3 is 10.5 Å². The molecule has 2 N–H and O–H groups in total. The number of pyridine rings is 1. The summed E-state index contributed by atoms with van der Waals surface area (Å²) < 4.78 is 6.57. The monoisotopic (exact) mass is 282 g/mol. The van der Waals surface area contributed by atoms with Gasteiger partial charge in [-0.2, -0.15) is 0 Å². The van der Waals surface area contributed by atoms with Gasteiger partial charge in [-0.3, -0.25) is 9.55 Å². The average Bonchev–Trinajstić information content (AvgIpc) is 2.89. The zero-order chi connectivity index (χ0) is 14.8. The molecule has 6 heteroatoms. The van der Waals surface area contributed by atoms with Crippen molar-refractivity contribution < 1.29 is 9.53 Å². The fourth-order valence-electron chi connectivity index (χ4n) is 2.13. The first kappa shape index (κ1) is 13.1. The van der Waals surface area contributed by atoms with Crippen LogP contribution < -0.4 is 5.73 Å². The van der Waals surface area contributed by atoms with Crippen LogP contribution in [0.15, 0.2) is 42.9 Å². The number of imidazole rings is 1. The number of rotatable bonds is 3. The van der Waals surface area contributed by atoms with E-state index >= 15 is 0 Å². The van der Waals surface area contributed by atoms with Crippen molar-refractivity contribution in [3.8, 4) is 5.69 Å². The van der Waals surface area contributed by atoms with Gasteiger partial charge in [-0.1, -0.05) is 6.07 Å². The van der Waals surface area contributed by atoms with Gasteiger partial charge in [-0.15, -0.1) is 0 Å². The van der Waals surface area contributed by atoms with E-state index in [9.17, 15) is 4.79 Å². The maximum absolute atomic E-state index is 11.7. The number of nitrogens with zero attached hydrogens (tertiary/aromatic N) is 3. The summed E-state index contributed by atoms with van der Waals surface area (Å²) in [5, 5.41) is 0.987. The Morgan fingerprint density at radius 2 is 2.19 bits per heavy atom. The Labute approximate surface area is 121 Å². The molecule has 0 spiro atoms. The van der Waals surface area contributed by atoms with Crippen molar-refractivity contribution in [1.29, 1.82) is 0 Å². The molecule has 21 heavy (non-hydrogen) atoms. The third-order valence-corrected chi connectivity index (χ3v) is 3.14. The second kappa shape index (κ2) is 5.24. The Kier molecular flexibility index (Phi) is 3.27. The molecule has 0 amide bonds. The van der Waals surface area contributed by atoms with E-state index in [0.29, 0.717) is 0 Å². The molecule has 0 saturated heterocycles. The minimum atomic E-state index is -0.517. The van der Waals surface area contributed by atoms with Crippen molar-refractivity contribution in [3.63, 3.8) is 0 Å². The number of benzene rings is 1. The van der Waals surface area contributed by atoms with Crippen molar-refractivity contribution in [1.82, 2.24) is 14.5 Å². The predicted molar refractivity (Wildman–Crippen MR) is 79.2 cm³/mol. The largest absolute Gasteiger partial charge is 0.461 e. The molecule has 2 aromatic heterocycles. The highest BCUT2D eigenvalue weighted by Crippen LogP contribution is 2.21. The number of carbonyl (C=O) groups excluding carboxylic acids is 1. The summed E-state index contributed by atoms with van der Waals surface area (Å²) in [6.07, 6.45) is 3.26. The zero-order valence-corrected chi connectivity index (χ0v) is 11.5. The summed E-state index contributed by atoms with van der Waals surface area (Å²) in [7, 11) is 0. The van der Waals surface area contributed by atoms with E-state index in [-0.39, 0.29) is 18.1 Å². The van der Waals surface area contributed by atoms with E-state index < -0.39 is 5.97 Å². The van der Waals surface area contributed by atoms with Crippen molar-refractivity contribution in [2.45, 2.75) is 6.92 Å². The van der Waals surface area contributed by atoms with Crippen LogP contribution >= 0.6 is 0 Å². The standard InChI is InChI=1S/C15H14N4O2/c1-2-21-15(20)13-14(16)19(9-18-13)11-5-6-12-10(8-11)4-3-7-17-12/h3-9H,2,16H2,1H3. The van der Waals surface area contributed by atoms with Gasteiger partial charge in [-0.25, -0.2) is 9.78 Å². The zero-order valence-electron chi connectivity index (χ0n) is 11.5. The molecule has 0 saturated carbocycles. The SMILES string of the molecule is CCOC(=O)c1ncn(-c2ccc3ncccc3c2)c1N. The van der Waals surface area contributed by atoms with Gasteiger partial charge in [0.15, 0.2) is 5.69 Å². The quantitative estimate of drug-likeness (QED) is 0.744. The van der Waals surface area contributed by atoms with Crippen LogP contribution in [0.1, 0.15) is 17.4 Å². The highest BCUT2D eigenvalue weighted by molar-refractivity contribution is 5.92. The molecule has 1 aromatic carbocycles. The molecule has 3 rings (SSSR count). The van der Waals surface area contributed by atoms with E-state index in [1.54, 1.807) is 17.7 Å². The van der Waals surface area contributed by atoms with Crippen molar-refractivity contribution >= 4 is 22.7 Å². The molecule has 2 heterocycles. The van der Waals surface area contributed by atoms with Gasteiger partial charge in [0.25, 0.3) is 0 Å². The second-order valence-corrected chi connectivity index (χ2v) is 4.45. The first-order valence-electron chi connectivity index (χ1n) is 6.56. The number of fused-ring (bicyclic) bond motifs is 1. The molecule has 0 aliphatic rings. The van der Waals surface area contributed by atoms with Crippen LogP contribution in [0.2, 0.25) is 0 Å². The number of hydrogen-bond donors (Lipinski definition) is 1. The fraction of sp³-hybridized carbons (Fsp3) is 0.133. The van der Waals surface area contributed by atoms with Crippen LogP contribution in [0, 0.1) is 0 Å². The molecule has 0 aliphatic heterocycles. The third kappa shape index (κ3) is 2.31. The molecular weight excluding hydrogens is 268 g/mol. The summed E-state index contributed by atoms with van der Waals surface area (Å²) in [6, 6.07) is 9.55. The van der Waals surface area contributed by atoms with Crippen LogP contribution in [-0.4, -0.2) is 27.1 Å². The Balaban J connectivity index is 2.04. The van der Waals surface area contributed by atoms with Gasteiger partial charge in [0, 0.05) is 17.3 Å². The number of nitrogen functional groups attached to an aromatic ring is 1. The summed E-state index contributed by atoms with van der Waals surface area (Å²) in [5.41, 5.74) is 7.83. The second-order valence-electron chi connectivity index (χ2n) is 4.45. The van der Waals surface area contributed by atoms with Crippen LogP contribution in [-0.2, 0) is 4.74 Å². The Morgan fingerprint density at radius 3 is 3.00 bits per heavy atom. The number of esters is 1. The van der Waals surface area contributed by atoms with E-state index in [1.165, 1.54) is 6.33 Å². The molecule has 0 bridgehead atoms. The number of hydrogen-bond acceptors (Lipinski definition) is 5. The molecule has 0 aliphatic carbocycles. The summed E-state index contributed by atoms with van der Waals surface area (Å²) >= 11 is 0. The van der Waals surface area contributed by atoms with Gasteiger partial charge in [0.2, 0.25) is 0 Å². The molecule has 0 atom stereocenters. The number of anilines is 1. The van der Waals surface area contributed by atoms with Crippen molar-refractivity contribution in [3.05, 3.63) is 48.5 Å². The lowest BCUT2D eigenvalue weighted by molar-refractivity contribution is 0.0521. The van der Waals surface area contributed by atoms with E-state index in [2.05, 4.69) is 9.97 Å². The molecule has 0 radical (unpaired) electrons. The first-order valence-corrected chi connectivity index (χ1v) is 6.56. The maximum Gasteiger partial charge on any atom is 0.360 e. The van der Waals surface area contributed by atoms with E-state index in [1.807, 2.05) is 30.3 Å². The van der Waals surface area contributed by atoms with E-state index in [4.69, 9.17) is 10.5 Å². The summed E-state index contributed by atoms with van der Waals surface area (Å²) in [5.74, 6) is -0.257. The topological polar surface area (TPSA) is 83.0 Å². The first-order chi connectivity index (χ1) is 10.2.